The average Bonchev–Trinajstić information content (AvgIpc) is 2.32. The third-order valence-corrected chi connectivity index (χ3v) is 2.53. The smallest absolute Gasteiger partial charge is 0.311 e. The van der Waals surface area contributed by atoms with Crippen LogP contribution in [0.15, 0.2) is 0 Å². The molecule has 1 aliphatic heterocycles. The van der Waals surface area contributed by atoms with Crippen LogP contribution < -0.4 is 5.32 Å². The Hall–Kier alpha value is -0.570. The lowest BCUT2D eigenvalue weighted by Crippen LogP contribution is -2.13. The summed E-state index contributed by atoms with van der Waals surface area (Å²) >= 11 is 0. The average molecular weight is 140 g/mol. The molecule has 2 rings (SSSR count). The first-order chi connectivity index (χ1) is 4.75. The van der Waals surface area contributed by atoms with Crippen molar-refractivity contribution in [3.05, 3.63) is 5.92 Å². The summed E-state index contributed by atoms with van der Waals surface area (Å²) in [4.78, 5) is 10.5. The van der Waals surface area contributed by atoms with Gasteiger partial charge in [-0.3, -0.25) is 4.79 Å². The van der Waals surface area contributed by atoms with Crippen LogP contribution in [0.5, 0.6) is 0 Å². The predicted octanol–water partition coefficient (Wildman–Crippen LogP) is 0.0289. The number of hydrogen-bond acceptors (Lipinski definition) is 2. The molecule has 0 aromatic heterocycles. The molecule has 1 radical (unpaired) electrons. The molecule has 3 nitrogen and oxygen atoms in total. The van der Waals surface area contributed by atoms with Gasteiger partial charge in [-0.25, -0.2) is 0 Å². The van der Waals surface area contributed by atoms with Gasteiger partial charge in [-0.05, 0) is 19.4 Å². The van der Waals surface area contributed by atoms with Crippen molar-refractivity contribution in [2.24, 2.45) is 5.41 Å². The van der Waals surface area contributed by atoms with E-state index in [9.17, 15) is 4.79 Å². The van der Waals surface area contributed by atoms with E-state index in [1.54, 1.807) is 0 Å². The maximum absolute atomic E-state index is 10.5. The minimum atomic E-state index is -0.691. The molecule has 1 heterocycles. The van der Waals surface area contributed by atoms with Crippen LogP contribution in [0, 0.1) is 11.3 Å². The molecule has 0 aromatic rings. The van der Waals surface area contributed by atoms with Crippen molar-refractivity contribution in [1.29, 1.82) is 0 Å². The Bertz CT molecular complexity index is 172. The molecule has 1 saturated heterocycles. The first kappa shape index (κ1) is 6.16. The van der Waals surface area contributed by atoms with Crippen LogP contribution in [0.3, 0.4) is 0 Å². The first-order valence-electron chi connectivity index (χ1n) is 3.55. The van der Waals surface area contributed by atoms with Crippen molar-refractivity contribution in [2.75, 3.05) is 13.1 Å². The fourth-order valence-electron chi connectivity index (χ4n) is 1.75. The first-order valence-corrected chi connectivity index (χ1v) is 3.55. The van der Waals surface area contributed by atoms with Crippen molar-refractivity contribution in [1.82, 2.24) is 5.32 Å². The lowest BCUT2D eigenvalue weighted by molar-refractivity contribution is -0.134. The Morgan fingerprint density at radius 1 is 1.70 bits per heavy atom. The Morgan fingerprint density at radius 3 is 2.90 bits per heavy atom. The maximum atomic E-state index is 10.5. The Kier molecular flexibility index (Phi) is 1.06. The van der Waals surface area contributed by atoms with E-state index in [0.717, 1.165) is 31.8 Å². The van der Waals surface area contributed by atoms with Gasteiger partial charge in [-0.15, -0.1) is 0 Å². The minimum absolute atomic E-state index is 0.0891. The summed E-state index contributed by atoms with van der Waals surface area (Å²) in [5.41, 5.74) is 0.0891. The zero-order valence-corrected chi connectivity index (χ0v) is 5.68. The van der Waals surface area contributed by atoms with E-state index < -0.39 is 5.97 Å². The van der Waals surface area contributed by atoms with Gasteiger partial charge in [-0.1, -0.05) is 0 Å². The Balaban J connectivity index is 2.04. The molecule has 2 N–H and O–H groups in total. The lowest BCUT2D eigenvalue weighted by atomic mass is 10.0. The van der Waals surface area contributed by atoms with E-state index >= 15 is 0 Å². The summed E-state index contributed by atoms with van der Waals surface area (Å²) in [5.74, 6) is 0.0428. The third-order valence-electron chi connectivity index (χ3n) is 2.53. The topological polar surface area (TPSA) is 49.3 Å². The van der Waals surface area contributed by atoms with Crippen molar-refractivity contribution in [3.63, 3.8) is 0 Å². The summed E-state index contributed by atoms with van der Waals surface area (Å²) in [6.07, 6.45) is 1.84. The second-order valence-corrected chi connectivity index (χ2v) is 3.17. The van der Waals surface area contributed by atoms with E-state index in [4.69, 9.17) is 5.11 Å². The van der Waals surface area contributed by atoms with E-state index in [0.29, 0.717) is 0 Å². The van der Waals surface area contributed by atoms with Crippen LogP contribution in [-0.2, 0) is 4.79 Å². The van der Waals surface area contributed by atoms with Crippen LogP contribution in [0.1, 0.15) is 12.8 Å². The molecule has 0 bridgehead atoms. The molecular weight excluding hydrogens is 130 g/mol. The van der Waals surface area contributed by atoms with Gasteiger partial charge in [0.1, 0.15) is 0 Å². The Morgan fingerprint density at radius 2 is 2.50 bits per heavy atom. The lowest BCUT2D eigenvalue weighted by Gasteiger charge is -2.01. The molecule has 0 amide bonds. The van der Waals surface area contributed by atoms with Crippen molar-refractivity contribution in [2.45, 2.75) is 12.8 Å². The van der Waals surface area contributed by atoms with Gasteiger partial charge < -0.3 is 10.4 Å². The van der Waals surface area contributed by atoms with Crippen LogP contribution in [0.4, 0.5) is 0 Å². The quantitative estimate of drug-likeness (QED) is 0.540. The molecule has 1 spiro atoms. The number of carboxylic acid groups (broad SMARTS) is 1. The van der Waals surface area contributed by atoms with Crippen LogP contribution in [-0.4, -0.2) is 24.2 Å². The second kappa shape index (κ2) is 1.72. The minimum Gasteiger partial charge on any atom is -0.481 e. The van der Waals surface area contributed by atoms with Crippen molar-refractivity contribution >= 4 is 5.97 Å². The zero-order valence-electron chi connectivity index (χ0n) is 5.68. The molecule has 10 heavy (non-hydrogen) atoms. The zero-order chi connectivity index (χ0) is 7.19. The van der Waals surface area contributed by atoms with Gasteiger partial charge in [-0.2, -0.15) is 0 Å². The van der Waals surface area contributed by atoms with Crippen LogP contribution >= 0.6 is 0 Å². The molecule has 2 aliphatic rings. The van der Waals surface area contributed by atoms with E-state index in [1.807, 2.05) is 0 Å². The number of rotatable bonds is 1. The van der Waals surface area contributed by atoms with Crippen molar-refractivity contribution < 1.29 is 9.90 Å². The monoisotopic (exact) mass is 140 g/mol. The van der Waals surface area contributed by atoms with E-state index in [-0.39, 0.29) is 5.41 Å². The van der Waals surface area contributed by atoms with Gasteiger partial charge >= 0.3 is 5.97 Å². The molecule has 55 valence electrons. The van der Waals surface area contributed by atoms with Gasteiger partial charge in [0.25, 0.3) is 0 Å². The van der Waals surface area contributed by atoms with Crippen LogP contribution in [0.25, 0.3) is 0 Å². The second-order valence-electron chi connectivity index (χ2n) is 3.17. The van der Waals surface area contributed by atoms with Gasteiger partial charge in [0.2, 0.25) is 0 Å². The highest BCUT2D eigenvalue weighted by Gasteiger charge is 2.60. The van der Waals surface area contributed by atoms with E-state index in [1.165, 1.54) is 0 Å². The maximum Gasteiger partial charge on any atom is 0.311 e. The fourth-order valence-corrected chi connectivity index (χ4v) is 1.75. The molecule has 2 fully saturated rings. The standard InChI is InChI=1S/C7H10NO2/c9-6(10)5-3-7(5)1-2-8-4-7/h8H,1-4H2,(H,9,10). The SMILES string of the molecule is O=C(O)[C]1CC12CCNC2. The summed E-state index contributed by atoms with van der Waals surface area (Å²) in [6, 6.07) is 0. The molecule has 1 saturated carbocycles. The van der Waals surface area contributed by atoms with Crippen molar-refractivity contribution in [3.8, 4) is 0 Å². The largest absolute Gasteiger partial charge is 0.481 e. The summed E-state index contributed by atoms with van der Waals surface area (Å²) in [5, 5.41) is 11.8. The number of aliphatic carboxylic acids is 1. The molecular formula is C7H10NO2. The molecule has 3 heteroatoms. The summed E-state index contributed by atoms with van der Waals surface area (Å²) in [7, 11) is 0. The van der Waals surface area contributed by atoms with E-state index in [2.05, 4.69) is 5.32 Å². The fraction of sp³-hybridized carbons (Fsp3) is 0.714. The summed E-state index contributed by atoms with van der Waals surface area (Å²) < 4.78 is 0. The summed E-state index contributed by atoms with van der Waals surface area (Å²) in [6.45, 7) is 1.87. The highest BCUT2D eigenvalue weighted by molar-refractivity contribution is 5.89. The number of hydrogen-bond donors (Lipinski definition) is 2. The predicted molar refractivity (Wildman–Crippen MR) is 35.4 cm³/mol. The molecule has 1 aliphatic carbocycles. The molecule has 0 aromatic carbocycles. The molecule has 1 unspecified atom stereocenters. The third kappa shape index (κ3) is 0.669. The number of carbonyl (C=O) groups is 1. The Labute approximate surface area is 59.4 Å². The van der Waals surface area contributed by atoms with Gasteiger partial charge in [0, 0.05) is 12.0 Å². The molecule has 1 atom stereocenters. The highest BCUT2D eigenvalue weighted by atomic mass is 16.4. The number of nitrogens with one attached hydrogen (secondary N) is 1. The van der Waals surface area contributed by atoms with Gasteiger partial charge in [0.05, 0.1) is 5.92 Å². The highest BCUT2D eigenvalue weighted by Crippen LogP contribution is 2.58. The number of carboxylic acids is 1. The van der Waals surface area contributed by atoms with Gasteiger partial charge in [0.15, 0.2) is 0 Å². The normalized spacial score (nSPS) is 38.8. The van der Waals surface area contributed by atoms with Crippen LogP contribution in [0.2, 0.25) is 0 Å².